The average Bonchev–Trinajstić information content (AvgIpc) is 2.91. The number of urea groups is 1. The second kappa shape index (κ2) is 10.9. The lowest BCUT2D eigenvalue weighted by Crippen LogP contribution is -2.43. The molecule has 1 saturated heterocycles. The Balaban J connectivity index is 0.00000392. The number of nitrogens with one attached hydrogen (secondary N) is 3. The van der Waals surface area contributed by atoms with Gasteiger partial charge in [-0.25, -0.2) is 9.79 Å². The molecule has 0 spiro atoms. The fourth-order valence-corrected chi connectivity index (χ4v) is 2.33. The van der Waals surface area contributed by atoms with E-state index in [9.17, 15) is 22.8 Å². The second-order valence-corrected chi connectivity index (χ2v) is 5.48. The fourth-order valence-electron chi connectivity index (χ4n) is 2.33. The first-order chi connectivity index (χ1) is 12.8. The largest absolute Gasteiger partial charge is 0.573 e. The van der Waals surface area contributed by atoms with E-state index < -0.39 is 12.4 Å². The minimum absolute atomic E-state index is 0. The quantitative estimate of drug-likeness (QED) is 0.223. The monoisotopic (exact) mass is 515 g/mol. The van der Waals surface area contributed by atoms with Crippen molar-refractivity contribution in [2.45, 2.75) is 19.8 Å². The Morgan fingerprint density at radius 3 is 2.61 bits per heavy atom. The molecule has 8 nitrogen and oxygen atoms in total. The Morgan fingerprint density at radius 2 is 2.00 bits per heavy atom. The second-order valence-electron chi connectivity index (χ2n) is 5.48. The number of halogens is 4. The van der Waals surface area contributed by atoms with Crippen molar-refractivity contribution in [3.05, 3.63) is 29.8 Å². The maximum absolute atomic E-state index is 12.5. The molecule has 1 aromatic carbocycles. The molecule has 0 bridgehead atoms. The highest BCUT2D eigenvalue weighted by atomic mass is 127. The van der Waals surface area contributed by atoms with Gasteiger partial charge in [0.25, 0.3) is 0 Å². The van der Waals surface area contributed by atoms with Gasteiger partial charge in [-0.05, 0) is 13.0 Å². The number of hydrogen-bond acceptors (Lipinski definition) is 4. The number of nitrogens with zero attached hydrogens (tertiary/aromatic N) is 2. The predicted molar refractivity (Wildman–Crippen MR) is 106 cm³/mol. The van der Waals surface area contributed by atoms with Gasteiger partial charge < -0.3 is 20.7 Å². The summed E-state index contributed by atoms with van der Waals surface area (Å²) in [5, 5.41) is 8.28. The van der Waals surface area contributed by atoms with Crippen molar-refractivity contribution in [2.75, 3.05) is 26.2 Å². The molecule has 156 valence electrons. The summed E-state index contributed by atoms with van der Waals surface area (Å²) in [5.74, 6) is -0.294. The summed E-state index contributed by atoms with van der Waals surface area (Å²) in [6.45, 7) is 2.66. The van der Waals surface area contributed by atoms with Crippen LogP contribution in [0.1, 0.15) is 12.5 Å². The number of amides is 3. The number of benzene rings is 1. The molecule has 12 heteroatoms. The molecule has 0 saturated carbocycles. The van der Waals surface area contributed by atoms with Crippen molar-refractivity contribution in [1.82, 2.24) is 20.9 Å². The van der Waals surface area contributed by atoms with Crippen molar-refractivity contribution in [2.24, 2.45) is 4.99 Å². The van der Waals surface area contributed by atoms with Gasteiger partial charge in [0.1, 0.15) is 5.75 Å². The average molecular weight is 515 g/mol. The molecule has 1 fully saturated rings. The van der Waals surface area contributed by atoms with Crippen LogP contribution < -0.4 is 20.7 Å². The van der Waals surface area contributed by atoms with Crippen LogP contribution in [0.25, 0.3) is 0 Å². The van der Waals surface area contributed by atoms with Gasteiger partial charge in [-0.2, -0.15) is 0 Å². The lowest BCUT2D eigenvalue weighted by Gasteiger charge is -2.16. The topological polar surface area (TPSA) is 95.1 Å². The maximum Gasteiger partial charge on any atom is 0.573 e. The number of rotatable bonds is 7. The molecule has 0 aliphatic carbocycles. The van der Waals surface area contributed by atoms with Crippen molar-refractivity contribution in [1.29, 1.82) is 0 Å². The smallest absolute Gasteiger partial charge is 0.405 e. The van der Waals surface area contributed by atoms with E-state index in [0.29, 0.717) is 12.5 Å². The molecule has 1 heterocycles. The van der Waals surface area contributed by atoms with Crippen LogP contribution in [-0.2, 0) is 11.3 Å². The van der Waals surface area contributed by atoms with Crippen molar-refractivity contribution in [3.8, 4) is 5.75 Å². The van der Waals surface area contributed by atoms with Crippen LogP contribution in [0, 0.1) is 0 Å². The number of para-hydroxylation sites is 1. The third kappa shape index (κ3) is 7.40. The van der Waals surface area contributed by atoms with Gasteiger partial charge in [-0.3, -0.25) is 9.69 Å². The van der Waals surface area contributed by atoms with Gasteiger partial charge in [0.15, 0.2) is 5.96 Å². The molecule has 0 unspecified atom stereocenters. The zero-order chi connectivity index (χ0) is 19.9. The number of aliphatic imine (C=N–C) groups is 1. The summed E-state index contributed by atoms with van der Waals surface area (Å²) < 4.78 is 41.4. The van der Waals surface area contributed by atoms with E-state index in [1.54, 1.807) is 6.07 Å². The Bertz CT molecular complexity index is 699. The number of imide groups is 1. The minimum Gasteiger partial charge on any atom is -0.405 e. The van der Waals surface area contributed by atoms with Crippen LogP contribution in [0.3, 0.4) is 0 Å². The lowest BCUT2D eigenvalue weighted by molar-refractivity contribution is -0.274. The van der Waals surface area contributed by atoms with Crippen molar-refractivity contribution < 1.29 is 27.5 Å². The zero-order valence-electron chi connectivity index (χ0n) is 15.0. The first-order valence-electron chi connectivity index (χ1n) is 8.24. The van der Waals surface area contributed by atoms with E-state index in [1.807, 2.05) is 6.92 Å². The van der Waals surface area contributed by atoms with Crippen LogP contribution >= 0.6 is 24.0 Å². The minimum atomic E-state index is -4.79. The van der Waals surface area contributed by atoms with Crippen LogP contribution in [0.15, 0.2) is 29.3 Å². The Labute approximate surface area is 176 Å². The molecule has 1 aromatic rings. The van der Waals surface area contributed by atoms with E-state index in [0.717, 1.165) is 4.90 Å². The highest BCUT2D eigenvalue weighted by molar-refractivity contribution is 14.0. The third-order valence-corrected chi connectivity index (χ3v) is 3.51. The van der Waals surface area contributed by atoms with Crippen LogP contribution in [-0.4, -0.2) is 55.3 Å². The SMILES string of the molecule is CCNC(=NCc1ccccc1OC(F)(F)F)NCCN1C(=O)CNC1=O.I. The summed E-state index contributed by atoms with van der Waals surface area (Å²) in [6.07, 6.45) is -4.79. The molecule has 28 heavy (non-hydrogen) atoms. The standard InChI is InChI=1S/C16H20F3N5O3.HI/c1-2-20-14(21-7-8-24-13(25)10-23-15(24)26)22-9-11-5-3-4-6-12(11)27-16(17,18)19;/h3-6H,2,7-10H2,1H3,(H,23,26)(H2,20,21,22);1H. The number of carbonyl (C=O) groups excluding carboxylic acids is 2. The van der Waals surface area contributed by atoms with E-state index in [4.69, 9.17) is 0 Å². The number of guanidine groups is 1. The summed E-state index contributed by atoms with van der Waals surface area (Å²) in [4.78, 5) is 28.3. The highest BCUT2D eigenvalue weighted by Crippen LogP contribution is 2.26. The number of alkyl halides is 3. The summed E-state index contributed by atoms with van der Waals surface area (Å²) in [5.41, 5.74) is 0.265. The first kappa shape index (κ1) is 23.8. The Kier molecular flexibility index (Phi) is 9.28. The molecular formula is C16H21F3IN5O3. The molecule has 3 amide bonds. The van der Waals surface area contributed by atoms with Gasteiger partial charge in [0.05, 0.1) is 13.1 Å². The van der Waals surface area contributed by atoms with Gasteiger partial charge in [0.2, 0.25) is 5.91 Å². The molecule has 1 aliphatic heterocycles. The van der Waals surface area contributed by atoms with Crippen LogP contribution in [0.2, 0.25) is 0 Å². The van der Waals surface area contributed by atoms with Gasteiger partial charge in [-0.15, -0.1) is 37.1 Å². The van der Waals surface area contributed by atoms with E-state index in [2.05, 4.69) is 25.7 Å². The zero-order valence-corrected chi connectivity index (χ0v) is 17.3. The highest BCUT2D eigenvalue weighted by Gasteiger charge is 2.32. The fraction of sp³-hybridized carbons (Fsp3) is 0.438. The molecular weight excluding hydrogens is 494 g/mol. The first-order valence-corrected chi connectivity index (χ1v) is 8.24. The molecule has 1 aliphatic rings. The Morgan fingerprint density at radius 1 is 1.29 bits per heavy atom. The number of hydrogen-bond donors (Lipinski definition) is 3. The van der Waals surface area contributed by atoms with Gasteiger partial charge in [0, 0.05) is 25.2 Å². The number of carbonyl (C=O) groups is 2. The molecule has 2 rings (SSSR count). The molecule has 0 aromatic heterocycles. The van der Waals surface area contributed by atoms with E-state index >= 15 is 0 Å². The summed E-state index contributed by atoms with van der Waals surface area (Å²) >= 11 is 0. The van der Waals surface area contributed by atoms with Crippen LogP contribution in [0.4, 0.5) is 18.0 Å². The third-order valence-electron chi connectivity index (χ3n) is 3.51. The van der Waals surface area contributed by atoms with E-state index in [1.165, 1.54) is 18.2 Å². The van der Waals surface area contributed by atoms with Crippen molar-refractivity contribution >= 4 is 41.9 Å². The summed E-state index contributed by atoms with van der Waals surface area (Å²) in [7, 11) is 0. The molecule has 0 radical (unpaired) electrons. The van der Waals surface area contributed by atoms with E-state index in [-0.39, 0.29) is 67.4 Å². The van der Waals surface area contributed by atoms with Crippen molar-refractivity contribution in [3.63, 3.8) is 0 Å². The van der Waals surface area contributed by atoms with Crippen LogP contribution in [0.5, 0.6) is 5.75 Å². The number of ether oxygens (including phenoxy) is 1. The van der Waals surface area contributed by atoms with Gasteiger partial charge >= 0.3 is 12.4 Å². The lowest BCUT2D eigenvalue weighted by atomic mass is 10.2. The normalized spacial score (nSPS) is 14.4. The summed E-state index contributed by atoms with van der Waals surface area (Å²) in [6, 6.07) is 5.28. The van der Waals surface area contributed by atoms with Gasteiger partial charge in [-0.1, -0.05) is 18.2 Å². The molecule has 0 atom stereocenters. The molecule has 3 N–H and O–H groups in total. The predicted octanol–water partition coefficient (Wildman–Crippen LogP) is 1.81. The Hall–Kier alpha value is -2.25. The maximum atomic E-state index is 12.5.